The minimum atomic E-state index is -0.329. The SMILES string of the molecule is COC(=O)c1ccc(NC2CCCCC2C(C)C)nc1C. The van der Waals surface area contributed by atoms with Crippen LogP contribution >= 0.6 is 0 Å². The third-order valence-electron chi connectivity index (χ3n) is 4.50. The molecule has 1 aliphatic carbocycles. The summed E-state index contributed by atoms with van der Waals surface area (Å²) < 4.78 is 4.76. The van der Waals surface area contributed by atoms with Crippen molar-refractivity contribution in [2.75, 3.05) is 12.4 Å². The van der Waals surface area contributed by atoms with Crippen LogP contribution in [0.4, 0.5) is 5.82 Å². The number of pyridine rings is 1. The minimum absolute atomic E-state index is 0.329. The summed E-state index contributed by atoms with van der Waals surface area (Å²) in [6, 6.07) is 4.16. The zero-order valence-corrected chi connectivity index (χ0v) is 13.5. The van der Waals surface area contributed by atoms with Gasteiger partial charge in [-0.05, 0) is 43.7 Å². The van der Waals surface area contributed by atoms with E-state index in [1.165, 1.54) is 32.8 Å². The number of aromatic nitrogens is 1. The number of nitrogens with one attached hydrogen (secondary N) is 1. The molecule has 1 heterocycles. The van der Waals surface area contributed by atoms with Crippen LogP contribution in [0.25, 0.3) is 0 Å². The Morgan fingerprint density at radius 3 is 2.67 bits per heavy atom. The molecule has 4 nitrogen and oxygen atoms in total. The van der Waals surface area contributed by atoms with Gasteiger partial charge in [-0.3, -0.25) is 0 Å². The van der Waals surface area contributed by atoms with Crippen molar-refractivity contribution in [1.29, 1.82) is 0 Å². The second-order valence-electron chi connectivity index (χ2n) is 6.26. The van der Waals surface area contributed by atoms with Gasteiger partial charge in [0, 0.05) is 6.04 Å². The van der Waals surface area contributed by atoms with Crippen molar-refractivity contribution in [3.8, 4) is 0 Å². The van der Waals surface area contributed by atoms with E-state index in [1.54, 1.807) is 6.07 Å². The van der Waals surface area contributed by atoms with Crippen LogP contribution in [0, 0.1) is 18.8 Å². The Bertz CT molecular complexity index is 500. The molecular formula is C17H26N2O2. The van der Waals surface area contributed by atoms with Gasteiger partial charge in [-0.1, -0.05) is 26.7 Å². The zero-order chi connectivity index (χ0) is 15.4. The first-order chi connectivity index (χ1) is 10.0. The first kappa shape index (κ1) is 15.8. The maximum Gasteiger partial charge on any atom is 0.339 e. The van der Waals surface area contributed by atoms with E-state index in [0.29, 0.717) is 29.1 Å². The number of carbonyl (C=O) groups excluding carboxylic acids is 1. The van der Waals surface area contributed by atoms with Crippen molar-refractivity contribution in [2.45, 2.75) is 52.5 Å². The summed E-state index contributed by atoms with van der Waals surface area (Å²) in [5.74, 6) is 1.90. The van der Waals surface area contributed by atoms with Crippen LogP contribution in [-0.4, -0.2) is 24.1 Å². The molecule has 2 unspecified atom stereocenters. The lowest BCUT2D eigenvalue weighted by Gasteiger charge is -2.35. The molecule has 0 amide bonds. The number of carbonyl (C=O) groups is 1. The van der Waals surface area contributed by atoms with E-state index in [4.69, 9.17) is 4.74 Å². The first-order valence-electron chi connectivity index (χ1n) is 7.85. The Kier molecular flexibility index (Phi) is 5.21. The minimum Gasteiger partial charge on any atom is -0.465 e. The molecule has 1 saturated carbocycles. The van der Waals surface area contributed by atoms with Crippen molar-refractivity contribution < 1.29 is 9.53 Å². The fraction of sp³-hybridized carbons (Fsp3) is 0.647. The van der Waals surface area contributed by atoms with Gasteiger partial charge in [0.05, 0.1) is 18.4 Å². The van der Waals surface area contributed by atoms with Crippen molar-refractivity contribution in [1.82, 2.24) is 4.98 Å². The summed E-state index contributed by atoms with van der Waals surface area (Å²) in [4.78, 5) is 16.1. The molecule has 21 heavy (non-hydrogen) atoms. The van der Waals surface area contributed by atoms with Crippen LogP contribution in [0.3, 0.4) is 0 Å². The standard InChI is InChI=1S/C17H26N2O2/c1-11(2)13-7-5-6-8-15(13)19-16-10-9-14(12(3)18-16)17(20)21-4/h9-11,13,15H,5-8H2,1-4H3,(H,18,19). The lowest BCUT2D eigenvalue weighted by atomic mass is 9.78. The van der Waals surface area contributed by atoms with Gasteiger partial charge in [0.1, 0.15) is 5.82 Å². The van der Waals surface area contributed by atoms with Crippen LogP contribution in [0.2, 0.25) is 0 Å². The second-order valence-corrected chi connectivity index (χ2v) is 6.26. The Morgan fingerprint density at radius 1 is 1.33 bits per heavy atom. The van der Waals surface area contributed by atoms with Gasteiger partial charge in [0.2, 0.25) is 0 Å². The predicted octanol–water partition coefficient (Wildman–Crippen LogP) is 3.80. The van der Waals surface area contributed by atoms with Gasteiger partial charge >= 0.3 is 5.97 Å². The topological polar surface area (TPSA) is 51.2 Å². The number of aryl methyl sites for hydroxylation is 1. The molecular weight excluding hydrogens is 264 g/mol. The fourth-order valence-electron chi connectivity index (χ4n) is 3.29. The highest BCUT2D eigenvalue weighted by molar-refractivity contribution is 5.90. The van der Waals surface area contributed by atoms with E-state index in [2.05, 4.69) is 24.1 Å². The summed E-state index contributed by atoms with van der Waals surface area (Å²) in [7, 11) is 1.39. The van der Waals surface area contributed by atoms with Crippen molar-refractivity contribution in [2.24, 2.45) is 11.8 Å². The number of hydrogen-bond donors (Lipinski definition) is 1. The van der Waals surface area contributed by atoms with E-state index < -0.39 is 0 Å². The molecule has 0 spiro atoms. The molecule has 1 aliphatic rings. The molecule has 0 bridgehead atoms. The van der Waals surface area contributed by atoms with E-state index in [9.17, 15) is 4.79 Å². The number of rotatable bonds is 4. The van der Waals surface area contributed by atoms with E-state index in [-0.39, 0.29) is 5.97 Å². The largest absolute Gasteiger partial charge is 0.465 e. The van der Waals surface area contributed by atoms with E-state index in [1.807, 2.05) is 13.0 Å². The lowest BCUT2D eigenvalue weighted by Crippen LogP contribution is -2.35. The molecule has 1 N–H and O–H groups in total. The smallest absolute Gasteiger partial charge is 0.339 e. The van der Waals surface area contributed by atoms with Gasteiger partial charge in [0.25, 0.3) is 0 Å². The van der Waals surface area contributed by atoms with Crippen LogP contribution < -0.4 is 5.32 Å². The molecule has 1 aromatic heterocycles. The molecule has 1 fully saturated rings. The Morgan fingerprint density at radius 2 is 2.05 bits per heavy atom. The molecule has 0 aromatic carbocycles. The third-order valence-corrected chi connectivity index (χ3v) is 4.50. The van der Waals surface area contributed by atoms with E-state index >= 15 is 0 Å². The average molecular weight is 290 g/mol. The summed E-state index contributed by atoms with van der Waals surface area (Å²) in [5.41, 5.74) is 1.25. The molecule has 0 radical (unpaired) electrons. The van der Waals surface area contributed by atoms with Crippen molar-refractivity contribution in [3.05, 3.63) is 23.4 Å². The van der Waals surface area contributed by atoms with Crippen molar-refractivity contribution in [3.63, 3.8) is 0 Å². The zero-order valence-electron chi connectivity index (χ0n) is 13.5. The number of nitrogens with zero attached hydrogens (tertiary/aromatic N) is 1. The highest BCUT2D eigenvalue weighted by atomic mass is 16.5. The number of hydrogen-bond acceptors (Lipinski definition) is 4. The number of ether oxygens (including phenoxy) is 1. The molecule has 1 aromatic rings. The molecule has 0 aliphatic heterocycles. The Labute approximate surface area is 127 Å². The molecule has 2 atom stereocenters. The second kappa shape index (κ2) is 6.92. The first-order valence-corrected chi connectivity index (χ1v) is 7.85. The van der Waals surface area contributed by atoms with Crippen LogP contribution in [0.1, 0.15) is 55.6 Å². The summed E-state index contributed by atoms with van der Waals surface area (Å²) in [6.45, 7) is 6.44. The number of anilines is 1. The molecule has 0 saturated heterocycles. The Hall–Kier alpha value is -1.58. The molecule has 116 valence electrons. The van der Waals surface area contributed by atoms with Crippen LogP contribution in [0.15, 0.2) is 12.1 Å². The number of esters is 1. The third kappa shape index (κ3) is 3.74. The fourth-order valence-corrected chi connectivity index (χ4v) is 3.29. The normalized spacial score (nSPS) is 22.1. The molecule has 4 heteroatoms. The number of methoxy groups -OCH3 is 1. The average Bonchev–Trinajstić information content (AvgIpc) is 2.47. The quantitative estimate of drug-likeness (QED) is 0.857. The van der Waals surface area contributed by atoms with Gasteiger partial charge < -0.3 is 10.1 Å². The summed E-state index contributed by atoms with van der Waals surface area (Å²) in [6.07, 6.45) is 5.09. The van der Waals surface area contributed by atoms with Crippen LogP contribution in [-0.2, 0) is 4.74 Å². The Balaban J connectivity index is 2.12. The maximum absolute atomic E-state index is 11.6. The highest BCUT2D eigenvalue weighted by Crippen LogP contribution is 2.32. The van der Waals surface area contributed by atoms with Crippen molar-refractivity contribution >= 4 is 11.8 Å². The van der Waals surface area contributed by atoms with E-state index in [0.717, 1.165) is 5.82 Å². The highest BCUT2D eigenvalue weighted by Gasteiger charge is 2.27. The summed E-state index contributed by atoms with van der Waals surface area (Å²) in [5, 5.41) is 3.57. The predicted molar refractivity (Wildman–Crippen MR) is 84.5 cm³/mol. The maximum atomic E-state index is 11.6. The lowest BCUT2D eigenvalue weighted by molar-refractivity contribution is 0.0599. The van der Waals surface area contributed by atoms with Crippen LogP contribution in [0.5, 0.6) is 0 Å². The van der Waals surface area contributed by atoms with Gasteiger partial charge in [0.15, 0.2) is 0 Å². The van der Waals surface area contributed by atoms with Gasteiger partial charge in [-0.25, -0.2) is 9.78 Å². The molecule has 2 rings (SSSR count). The van der Waals surface area contributed by atoms with Gasteiger partial charge in [-0.15, -0.1) is 0 Å². The summed E-state index contributed by atoms with van der Waals surface area (Å²) >= 11 is 0. The van der Waals surface area contributed by atoms with Gasteiger partial charge in [-0.2, -0.15) is 0 Å². The monoisotopic (exact) mass is 290 g/mol.